The third-order valence-electron chi connectivity index (χ3n) is 8.94. The molecule has 0 radical (unpaired) electrons. The quantitative estimate of drug-likeness (QED) is 0.155. The van der Waals surface area contributed by atoms with Crippen molar-refractivity contribution in [2.24, 2.45) is 4.99 Å². The normalized spacial score (nSPS) is 18.2. The number of nitrogens with zero attached hydrogens (tertiary/aromatic N) is 5. The maximum Gasteiger partial charge on any atom is 0.410 e. The van der Waals surface area contributed by atoms with Gasteiger partial charge < -0.3 is 39.8 Å². The lowest BCUT2D eigenvalue weighted by Gasteiger charge is -2.39. The second-order valence-corrected chi connectivity index (χ2v) is 16.9. The molecule has 0 saturated carbocycles. The zero-order chi connectivity index (χ0) is 34.9. The number of cyclic esters (lactones) is 1. The van der Waals surface area contributed by atoms with Crippen molar-refractivity contribution in [3.05, 3.63) is 40.5 Å². The van der Waals surface area contributed by atoms with Crippen LogP contribution in [0.15, 0.2) is 39.9 Å². The molecule has 4 heterocycles. The fourth-order valence-electron chi connectivity index (χ4n) is 6.55. The van der Waals surface area contributed by atoms with Gasteiger partial charge in [0.25, 0.3) is 0 Å². The average molecular weight is 754 g/mol. The Bertz CT molecular complexity index is 1840. The molecule has 2 saturated heterocycles. The van der Waals surface area contributed by atoms with E-state index >= 15 is 0 Å². The molecule has 13 nitrogen and oxygen atoms in total. The van der Waals surface area contributed by atoms with E-state index in [-0.39, 0.29) is 29.9 Å². The molecule has 1 amide bonds. The highest BCUT2D eigenvalue weighted by Gasteiger charge is 2.31. The molecule has 3 N–H and O–H groups in total. The number of aromatic nitrogens is 2. The molecule has 1 unspecified atom stereocenters. The molecule has 3 aromatic rings. The number of fused-ring (bicyclic) bond motifs is 1. The number of carbonyl (C=O) groups is 2. The number of amides is 1. The molecule has 0 bridgehead atoms. The molecular weight excluding hydrogens is 711 g/mol. The summed E-state index contributed by atoms with van der Waals surface area (Å²) < 4.78 is 25.3. The van der Waals surface area contributed by atoms with Gasteiger partial charge in [-0.05, 0) is 87.0 Å². The predicted octanol–water partition coefficient (Wildman–Crippen LogP) is 6.90. The van der Waals surface area contributed by atoms with Gasteiger partial charge in [0, 0.05) is 49.7 Å². The molecule has 6 rings (SSSR count). The highest BCUT2D eigenvalue weighted by molar-refractivity contribution is 9.10. The van der Waals surface area contributed by atoms with Crippen LogP contribution in [0.4, 0.5) is 45.0 Å². The number of ether oxygens (including phenoxy) is 2. The summed E-state index contributed by atoms with van der Waals surface area (Å²) in [7, 11) is -1.20. The van der Waals surface area contributed by atoms with Crippen LogP contribution in [0.5, 0.6) is 5.75 Å². The number of piperidine rings is 1. The number of hydrogen-bond donors (Lipinski definition) is 3. The second-order valence-electron chi connectivity index (χ2n) is 12.9. The van der Waals surface area contributed by atoms with Gasteiger partial charge in [-0.3, -0.25) is 9.79 Å². The molecule has 2 fully saturated rings. The van der Waals surface area contributed by atoms with Gasteiger partial charge in [0.1, 0.15) is 18.7 Å². The van der Waals surface area contributed by atoms with E-state index < -0.39 is 7.14 Å². The lowest BCUT2D eigenvalue weighted by molar-refractivity contribution is 0.0946. The first-order chi connectivity index (χ1) is 23.4. The molecule has 2 aromatic carbocycles. The molecule has 3 aliphatic heterocycles. The number of benzene rings is 2. The van der Waals surface area contributed by atoms with Gasteiger partial charge in [0.05, 0.1) is 58.0 Å². The Morgan fingerprint density at radius 3 is 2.61 bits per heavy atom. The van der Waals surface area contributed by atoms with Crippen LogP contribution >= 0.6 is 23.1 Å². The number of anilines is 6. The zero-order valence-electron chi connectivity index (χ0n) is 28.4. The van der Waals surface area contributed by atoms with E-state index in [9.17, 15) is 14.2 Å². The summed E-state index contributed by atoms with van der Waals surface area (Å²) in [6, 6.07) is 7.60. The van der Waals surface area contributed by atoms with Crippen molar-refractivity contribution < 1.29 is 23.6 Å². The van der Waals surface area contributed by atoms with Gasteiger partial charge in [-0.1, -0.05) is 0 Å². The van der Waals surface area contributed by atoms with Crippen LogP contribution in [0.3, 0.4) is 0 Å². The van der Waals surface area contributed by atoms with Gasteiger partial charge >= 0.3 is 6.09 Å². The summed E-state index contributed by atoms with van der Waals surface area (Å²) in [4.78, 5) is 43.4. The van der Waals surface area contributed by atoms with Crippen LogP contribution in [0.25, 0.3) is 0 Å². The maximum atomic E-state index is 13.5. The molecule has 260 valence electrons. The van der Waals surface area contributed by atoms with Gasteiger partial charge in [0.2, 0.25) is 5.95 Å². The molecule has 49 heavy (non-hydrogen) atoms. The first kappa shape index (κ1) is 34.7. The minimum absolute atomic E-state index is 0.0651. The number of rotatable bonds is 9. The van der Waals surface area contributed by atoms with Gasteiger partial charge in [-0.2, -0.15) is 4.98 Å². The van der Waals surface area contributed by atoms with Gasteiger partial charge in [0.15, 0.2) is 5.78 Å². The minimum atomic E-state index is -2.78. The second kappa shape index (κ2) is 14.4. The van der Waals surface area contributed by atoms with Gasteiger partial charge in [-0.15, -0.1) is 0 Å². The lowest BCUT2D eigenvalue weighted by Crippen LogP contribution is -2.47. The highest BCUT2D eigenvalue weighted by atomic mass is 79.9. The first-order valence-corrected chi connectivity index (χ1v) is 19.8. The van der Waals surface area contributed by atoms with Crippen LogP contribution in [0, 0.1) is 0 Å². The van der Waals surface area contributed by atoms with E-state index in [1.165, 1.54) is 0 Å². The smallest absolute Gasteiger partial charge is 0.410 e. The number of Topliss-reactive ketones (excluding diaryl/α,β-unsaturated/α-hetero) is 1. The van der Waals surface area contributed by atoms with Crippen molar-refractivity contribution in [2.45, 2.75) is 51.6 Å². The molecule has 0 spiro atoms. The van der Waals surface area contributed by atoms with E-state index in [4.69, 9.17) is 14.5 Å². The number of aliphatic imine (C=N–C) groups is 1. The van der Waals surface area contributed by atoms with E-state index in [0.29, 0.717) is 70.2 Å². The molecule has 3 aliphatic rings. The maximum absolute atomic E-state index is 13.5. The zero-order valence-corrected chi connectivity index (χ0v) is 30.9. The Morgan fingerprint density at radius 1 is 1.12 bits per heavy atom. The molecule has 0 aliphatic carbocycles. The number of methoxy groups -OCH3 is 1. The van der Waals surface area contributed by atoms with E-state index in [1.54, 1.807) is 45.8 Å². The number of hydrogen-bond acceptors (Lipinski definition) is 12. The van der Waals surface area contributed by atoms with Gasteiger partial charge in [-0.25, -0.2) is 9.78 Å². The van der Waals surface area contributed by atoms with Crippen molar-refractivity contribution in [1.29, 1.82) is 0 Å². The third-order valence-corrected chi connectivity index (χ3v) is 11.1. The SMILES string of the molecule is COc1cc(N2CCC(N3CCCCOC3=O)CC2)c(C(C)=O)cc1Nc1ncc(Br)c(Nc2ccc3c(c2P(C)(C)=O)N=CC(C)N3)n1. The summed E-state index contributed by atoms with van der Waals surface area (Å²) >= 11 is 3.55. The number of carbonyl (C=O) groups excluding carboxylic acids is 2. The largest absolute Gasteiger partial charge is 0.494 e. The number of halogens is 1. The minimum Gasteiger partial charge on any atom is -0.494 e. The van der Waals surface area contributed by atoms with Crippen molar-refractivity contribution in [3.8, 4) is 5.75 Å². The topological polar surface area (TPSA) is 150 Å². The van der Waals surface area contributed by atoms with Crippen molar-refractivity contribution >= 4 is 86.7 Å². The monoisotopic (exact) mass is 752 g/mol. The highest BCUT2D eigenvalue weighted by Crippen LogP contribution is 2.46. The summed E-state index contributed by atoms with van der Waals surface area (Å²) in [6.07, 6.45) is 6.56. The van der Waals surface area contributed by atoms with Crippen LogP contribution in [0.2, 0.25) is 0 Å². The van der Waals surface area contributed by atoms with E-state index in [2.05, 4.69) is 46.8 Å². The van der Waals surface area contributed by atoms with Crippen LogP contribution in [0.1, 0.15) is 49.9 Å². The van der Waals surface area contributed by atoms with Crippen LogP contribution < -0.4 is 30.9 Å². The Morgan fingerprint density at radius 2 is 1.90 bits per heavy atom. The Hall–Kier alpha value is -4.16. The third kappa shape index (κ3) is 7.55. The van der Waals surface area contributed by atoms with Crippen molar-refractivity contribution in [2.75, 3.05) is 67.5 Å². The Kier molecular flexibility index (Phi) is 10.2. The van der Waals surface area contributed by atoms with E-state index in [1.807, 2.05) is 30.0 Å². The number of ketones is 1. The molecular formula is C34H42BrN8O5P. The van der Waals surface area contributed by atoms with E-state index in [0.717, 1.165) is 37.1 Å². The van der Waals surface area contributed by atoms with Crippen molar-refractivity contribution in [3.63, 3.8) is 0 Å². The standard InChI is InChI=1S/C34H42BrN8O5P/c1-20-18-36-30-25(38-20)8-9-26(31(30)49(4,5)46)39-32-24(35)19-37-33(41-32)40-27-16-23(21(2)44)28(17-29(27)47-3)42-13-10-22(11-14-42)43-12-6-7-15-48-34(43)45/h8-9,16-20,22,38H,6-7,10-15H2,1-5H3,(H2,37,39,40,41). The Balaban J connectivity index is 1.25. The predicted molar refractivity (Wildman–Crippen MR) is 199 cm³/mol. The summed E-state index contributed by atoms with van der Waals surface area (Å²) in [5.41, 5.74) is 3.95. The number of nitrogens with one attached hydrogen (secondary N) is 3. The molecule has 15 heteroatoms. The fraction of sp³-hybridized carbons (Fsp3) is 0.441. The molecule has 1 atom stereocenters. The van der Waals surface area contributed by atoms with Crippen LogP contribution in [-0.2, 0) is 9.30 Å². The average Bonchev–Trinajstić information content (AvgIpc) is 3.29. The lowest BCUT2D eigenvalue weighted by atomic mass is 9.99. The molecule has 1 aromatic heterocycles. The Labute approximate surface area is 294 Å². The van der Waals surface area contributed by atoms with Crippen LogP contribution in [-0.4, -0.2) is 91.7 Å². The summed E-state index contributed by atoms with van der Waals surface area (Å²) in [6.45, 7) is 9.55. The summed E-state index contributed by atoms with van der Waals surface area (Å²) in [5, 5.41) is 10.6. The van der Waals surface area contributed by atoms with Crippen molar-refractivity contribution in [1.82, 2.24) is 14.9 Å². The summed E-state index contributed by atoms with van der Waals surface area (Å²) in [5.74, 6) is 1.15. The first-order valence-electron chi connectivity index (χ1n) is 16.4. The fourth-order valence-corrected chi connectivity index (χ4v) is 8.24.